The second kappa shape index (κ2) is 16.0. The Morgan fingerprint density at radius 3 is 1.67 bits per heavy atom. The van der Waals surface area contributed by atoms with Gasteiger partial charge in [-0.25, -0.2) is 0 Å². The minimum Gasteiger partial charge on any atom is -0.309 e. The third-order valence-corrected chi connectivity index (χ3v) is 15.1. The molecule has 0 unspecified atom stereocenters. The summed E-state index contributed by atoms with van der Waals surface area (Å²) in [6, 6.07) is 96.4. The maximum Gasteiger partial charge on any atom is 0.0714 e. The molecule has 1 aliphatic rings. The van der Waals surface area contributed by atoms with Gasteiger partial charge in [0, 0.05) is 37.0 Å². The summed E-state index contributed by atoms with van der Waals surface area (Å²) in [7, 11) is 0. The van der Waals surface area contributed by atoms with Gasteiger partial charge in [0.05, 0.1) is 16.8 Å². The van der Waals surface area contributed by atoms with Gasteiger partial charge in [0.2, 0.25) is 0 Å². The highest BCUT2D eigenvalue weighted by atomic mass is 32.1. The third kappa shape index (κ3) is 6.29. The van der Waals surface area contributed by atoms with Crippen LogP contribution in [-0.2, 0) is 5.41 Å². The molecule has 0 amide bonds. The fourth-order valence-corrected chi connectivity index (χ4v) is 12.2. The fraction of sp³-hybridized carbons (Fsp3) is 0.0154. The number of para-hydroxylation sites is 1. The largest absolute Gasteiger partial charge is 0.309 e. The van der Waals surface area contributed by atoms with E-state index >= 15 is 0 Å². The van der Waals surface area contributed by atoms with Gasteiger partial charge in [0.15, 0.2) is 0 Å². The number of nitrogens with zero attached hydrogens (tertiary/aromatic N) is 1. The van der Waals surface area contributed by atoms with Gasteiger partial charge in [-0.3, -0.25) is 0 Å². The Morgan fingerprint density at radius 1 is 0.313 bits per heavy atom. The minimum absolute atomic E-state index is 0.530. The number of rotatable bonds is 8. The lowest BCUT2D eigenvalue weighted by Gasteiger charge is -2.34. The van der Waals surface area contributed by atoms with Gasteiger partial charge in [-0.2, -0.15) is 0 Å². The Hall–Kier alpha value is -8.30. The van der Waals surface area contributed by atoms with Gasteiger partial charge in [-0.1, -0.05) is 218 Å². The van der Waals surface area contributed by atoms with Crippen molar-refractivity contribution in [3.05, 3.63) is 283 Å². The highest BCUT2D eigenvalue weighted by Crippen LogP contribution is 2.60. The van der Waals surface area contributed by atoms with Crippen LogP contribution < -0.4 is 4.90 Å². The van der Waals surface area contributed by atoms with E-state index in [4.69, 9.17) is 0 Å². The molecule has 0 bridgehead atoms. The number of benzene rings is 11. The van der Waals surface area contributed by atoms with E-state index in [-0.39, 0.29) is 0 Å². The van der Waals surface area contributed by atoms with Gasteiger partial charge in [-0.15, -0.1) is 11.3 Å². The summed E-state index contributed by atoms with van der Waals surface area (Å²) in [6.45, 7) is 0. The molecule has 1 heterocycles. The zero-order valence-corrected chi connectivity index (χ0v) is 37.5. The Bertz CT molecular complexity index is 3760. The molecule has 12 aromatic rings. The average molecular weight is 870 g/mol. The zero-order valence-electron chi connectivity index (χ0n) is 36.7. The minimum atomic E-state index is -0.530. The number of hydrogen-bond acceptors (Lipinski definition) is 2. The molecule has 314 valence electrons. The van der Waals surface area contributed by atoms with Crippen LogP contribution in [0, 0.1) is 0 Å². The first-order valence-corrected chi connectivity index (χ1v) is 23.9. The van der Waals surface area contributed by atoms with Gasteiger partial charge >= 0.3 is 0 Å². The molecule has 2 heteroatoms. The normalized spacial score (nSPS) is 12.6. The van der Waals surface area contributed by atoms with Crippen molar-refractivity contribution in [2.24, 2.45) is 0 Å². The predicted molar refractivity (Wildman–Crippen MR) is 285 cm³/mol. The van der Waals surface area contributed by atoms with Crippen molar-refractivity contribution in [2.75, 3.05) is 4.90 Å². The molecule has 1 aromatic heterocycles. The van der Waals surface area contributed by atoms with E-state index < -0.39 is 5.41 Å². The van der Waals surface area contributed by atoms with Crippen molar-refractivity contribution in [1.29, 1.82) is 0 Å². The Kier molecular flexibility index (Phi) is 9.33. The SMILES string of the molecule is c1ccc(C2(c3ccccc3)c3ccccc3-c3c(N(c4ccc(-c5ccc6c(c5)sc5ccccc56)cc4)c4ccccc4-c4cccc(-c5cccc6ccccc56)c4)cccc32)cc1. The highest BCUT2D eigenvalue weighted by molar-refractivity contribution is 7.25. The van der Waals surface area contributed by atoms with Gasteiger partial charge in [0.25, 0.3) is 0 Å². The van der Waals surface area contributed by atoms with Crippen LogP contribution >= 0.6 is 11.3 Å². The van der Waals surface area contributed by atoms with Crippen molar-refractivity contribution in [2.45, 2.75) is 5.41 Å². The fourth-order valence-electron chi connectivity index (χ4n) is 11.0. The first-order valence-electron chi connectivity index (χ1n) is 23.1. The van der Waals surface area contributed by atoms with Crippen molar-refractivity contribution in [1.82, 2.24) is 0 Å². The van der Waals surface area contributed by atoms with Crippen LogP contribution in [0.4, 0.5) is 17.1 Å². The third-order valence-electron chi connectivity index (χ3n) is 14.0. The standard InChI is InChI=1S/C65H43NS/c1-3-22-49(23-4-1)65(50-24-5-2-6-25-50)58-31-12-9-29-57(58)64-59(65)32-17-34-61(64)66(51-39-36-44(37-40-51)46-38-41-56-55-28-11-14-35-62(55)67-63(56)43-46)60-33-13-10-27-54(60)48-21-15-20-47(42-48)53-30-16-19-45-18-7-8-26-52(45)53/h1-43H. The molecule has 0 fully saturated rings. The Labute approximate surface area is 395 Å². The van der Waals surface area contributed by atoms with Gasteiger partial charge in [0.1, 0.15) is 0 Å². The number of anilines is 3. The Balaban J connectivity index is 1.03. The monoisotopic (exact) mass is 869 g/mol. The molecule has 0 saturated carbocycles. The van der Waals surface area contributed by atoms with Crippen LogP contribution in [-0.4, -0.2) is 0 Å². The molecule has 1 aliphatic carbocycles. The van der Waals surface area contributed by atoms with Crippen LogP contribution in [0.3, 0.4) is 0 Å². The van der Waals surface area contributed by atoms with E-state index in [0.29, 0.717) is 0 Å². The molecule has 0 aliphatic heterocycles. The molecular weight excluding hydrogens is 827 g/mol. The molecule has 11 aromatic carbocycles. The summed E-state index contributed by atoms with van der Waals surface area (Å²) in [5, 5.41) is 5.13. The molecule has 1 nitrogen and oxygen atoms in total. The van der Waals surface area contributed by atoms with E-state index in [9.17, 15) is 0 Å². The highest BCUT2D eigenvalue weighted by Gasteiger charge is 2.47. The molecule has 0 N–H and O–H groups in total. The smallest absolute Gasteiger partial charge is 0.0714 e. The van der Waals surface area contributed by atoms with Gasteiger partial charge < -0.3 is 4.90 Å². The summed E-state index contributed by atoms with van der Waals surface area (Å²) in [5.74, 6) is 0. The maximum absolute atomic E-state index is 2.51. The molecular formula is C65H43NS. The first kappa shape index (κ1) is 39.1. The lowest BCUT2D eigenvalue weighted by atomic mass is 9.68. The van der Waals surface area contributed by atoms with Crippen LogP contribution in [0.5, 0.6) is 0 Å². The molecule has 0 saturated heterocycles. The summed E-state index contributed by atoms with van der Waals surface area (Å²) < 4.78 is 2.63. The van der Waals surface area contributed by atoms with E-state index in [0.717, 1.165) is 28.2 Å². The zero-order chi connectivity index (χ0) is 44.3. The van der Waals surface area contributed by atoms with Crippen molar-refractivity contribution in [3.8, 4) is 44.5 Å². The van der Waals surface area contributed by atoms with Crippen molar-refractivity contribution >= 4 is 59.3 Å². The average Bonchev–Trinajstić information content (AvgIpc) is 3.93. The summed E-state index contributed by atoms with van der Waals surface area (Å²) in [5.41, 5.74) is 17.5. The molecule has 67 heavy (non-hydrogen) atoms. The Morgan fingerprint density at radius 2 is 0.866 bits per heavy atom. The van der Waals surface area contributed by atoms with Crippen molar-refractivity contribution < 1.29 is 0 Å². The van der Waals surface area contributed by atoms with E-state index in [1.807, 2.05) is 11.3 Å². The van der Waals surface area contributed by atoms with E-state index in [1.54, 1.807) is 0 Å². The first-order chi connectivity index (χ1) is 33.2. The summed E-state index contributed by atoms with van der Waals surface area (Å²) in [6.07, 6.45) is 0. The molecule has 0 radical (unpaired) electrons. The van der Waals surface area contributed by atoms with Crippen LogP contribution in [0.25, 0.3) is 75.5 Å². The van der Waals surface area contributed by atoms with Crippen LogP contribution in [0.2, 0.25) is 0 Å². The van der Waals surface area contributed by atoms with E-state index in [1.165, 1.54) is 86.6 Å². The van der Waals surface area contributed by atoms with Crippen LogP contribution in [0.1, 0.15) is 22.3 Å². The lowest BCUT2D eigenvalue weighted by molar-refractivity contribution is 0.768. The molecule has 0 spiro atoms. The van der Waals surface area contributed by atoms with Gasteiger partial charge in [-0.05, 0) is 109 Å². The molecule has 0 atom stereocenters. The predicted octanol–water partition coefficient (Wildman–Crippen LogP) is 18.0. The number of thiophene rings is 1. The van der Waals surface area contributed by atoms with E-state index in [2.05, 4.69) is 266 Å². The summed E-state index contributed by atoms with van der Waals surface area (Å²) >= 11 is 1.87. The lowest BCUT2D eigenvalue weighted by Crippen LogP contribution is -2.28. The maximum atomic E-state index is 2.51. The number of fused-ring (bicyclic) bond motifs is 7. The number of hydrogen-bond donors (Lipinski definition) is 0. The second-order valence-electron chi connectivity index (χ2n) is 17.5. The topological polar surface area (TPSA) is 3.24 Å². The summed E-state index contributed by atoms with van der Waals surface area (Å²) in [4.78, 5) is 2.51. The molecule has 13 rings (SSSR count). The second-order valence-corrected chi connectivity index (χ2v) is 18.6. The van der Waals surface area contributed by atoms with Crippen molar-refractivity contribution in [3.63, 3.8) is 0 Å². The quantitative estimate of drug-likeness (QED) is 0.147. The van der Waals surface area contributed by atoms with Crippen LogP contribution in [0.15, 0.2) is 261 Å².